The maximum Gasteiger partial charge on any atom is 0.316 e. The lowest BCUT2D eigenvalue weighted by Crippen LogP contribution is -2.44. The SMILES string of the molecule is CS(=O)(=O)N1CCCC(Oc2ncc(Br)cn2)C1. The van der Waals surface area contributed by atoms with Gasteiger partial charge >= 0.3 is 6.01 Å². The standard InChI is InChI=1S/C10H14BrN3O3S/c1-18(15,16)14-4-2-3-9(7-14)17-10-12-5-8(11)6-13-10/h5-6,9H,2-4,7H2,1H3. The van der Waals surface area contributed by atoms with Gasteiger partial charge in [0.15, 0.2) is 0 Å². The summed E-state index contributed by atoms with van der Waals surface area (Å²) in [6.45, 7) is 0.915. The number of halogens is 1. The first-order valence-electron chi connectivity index (χ1n) is 5.54. The van der Waals surface area contributed by atoms with Crippen LogP contribution in [-0.2, 0) is 10.0 Å². The molecule has 8 heteroatoms. The molecule has 6 nitrogen and oxygen atoms in total. The summed E-state index contributed by atoms with van der Waals surface area (Å²) in [6.07, 6.45) is 5.82. The molecule has 1 aromatic heterocycles. The van der Waals surface area contributed by atoms with Crippen LogP contribution in [0.1, 0.15) is 12.8 Å². The molecule has 0 N–H and O–H groups in total. The highest BCUT2D eigenvalue weighted by Gasteiger charge is 2.27. The van der Waals surface area contributed by atoms with Gasteiger partial charge in [-0.15, -0.1) is 0 Å². The van der Waals surface area contributed by atoms with Crippen LogP contribution >= 0.6 is 15.9 Å². The fourth-order valence-corrected chi connectivity index (χ4v) is 2.92. The molecule has 2 rings (SSSR count). The molecule has 1 atom stereocenters. The van der Waals surface area contributed by atoms with Crippen LogP contribution < -0.4 is 4.74 Å². The fraction of sp³-hybridized carbons (Fsp3) is 0.600. The van der Waals surface area contributed by atoms with Crippen molar-refractivity contribution in [2.24, 2.45) is 0 Å². The Balaban J connectivity index is 2.00. The quantitative estimate of drug-likeness (QED) is 0.825. The normalized spacial score (nSPS) is 21.8. The molecule has 1 aromatic rings. The maximum absolute atomic E-state index is 11.5. The van der Waals surface area contributed by atoms with Gasteiger partial charge < -0.3 is 4.74 Å². The van der Waals surface area contributed by atoms with E-state index in [9.17, 15) is 8.42 Å². The first-order chi connectivity index (χ1) is 8.45. The highest BCUT2D eigenvalue weighted by Crippen LogP contribution is 2.17. The Hall–Kier alpha value is -0.730. The average molecular weight is 336 g/mol. The molecule has 100 valence electrons. The van der Waals surface area contributed by atoms with Gasteiger partial charge in [0.2, 0.25) is 10.0 Å². The fourth-order valence-electron chi connectivity index (χ4n) is 1.81. The van der Waals surface area contributed by atoms with E-state index in [4.69, 9.17) is 4.74 Å². The predicted octanol–water partition coefficient (Wildman–Crippen LogP) is 1.04. The topological polar surface area (TPSA) is 72.4 Å². The second-order valence-electron chi connectivity index (χ2n) is 4.19. The summed E-state index contributed by atoms with van der Waals surface area (Å²) in [5, 5.41) is 0. The summed E-state index contributed by atoms with van der Waals surface area (Å²) in [6, 6.07) is 0.276. The van der Waals surface area contributed by atoms with Crippen molar-refractivity contribution in [3.05, 3.63) is 16.9 Å². The van der Waals surface area contributed by atoms with E-state index < -0.39 is 10.0 Å². The van der Waals surface area contributed by atoms with Crippen LogP contribution in [0.4, 0.5) is 0 Å². The van der Waals surface area contributed by atoms with Crippen molar-refractivity contribution in [3.63, 3.8) is 0 Å². The molecule has 0 saturated carbocycles. The van der Waals surface area contributed by atoms with E-state index in [1.165, 1.54) is 10.6 Å². The van der Waals surface area contributed by atoms with Crippen LogP contribution in [0.25, 0.3) is 0 Å². The highest BCUT2D eigenvalue weighted by atomic mass is 79.9. The summed E-state index contributed by atoms with van der Waals surface area (Å²) < 4.78 is 30.7. The third-order valence-corrected chi connectivity index (χ3v) is 4.36. The zero-order valence-corrected chi connectivity index (χ0v) is 12.3. The second kappa shape index (κ2) is 5.50. The molecule has 0 radical (unpaired) electrons. The lowest BCUT2D eigenvalue weighted by molar-refractivity contribution is 0.119. The molecular weight excluding hydrogens is 322 g/mol. The number of aromatic nitrogens is 2. The monoisotopic (exact) mass is 335 g/mol. The van der Waals surface area contributed by atoms with Gasteiger partial charge in [-0.05, 0) is 28.8 Å². The van der Waals surface area contributed by atoms with Gasteiger partial charge in [0.1, 0.15) is 6.10 Å². The van der Waals surface area contributed by atoms with Crippen molar-refractivity contribution in [2.45, 2.75) is 18.9 Å². The molecule has 1 aliphatic heterocycles. The van der Waals surface area contributed by atoms with Crippen molar-refractivity contribution >= 4 is 26.0 Å². The molecule has 1 fully saturated rings. The van der Waals surface area contributed by atoms with Crippen molar-refractivity contribution < 1.29 is 13.2 Å². The van der Waals surface area contributed by atoms with Crippen molar-refractivity contribution in [1.29, 1.82) is 0 Å². The van der Waals surface area contributed by atoms with E-state index in [-0.39, 0.29) is 12.1 Å². The molecule has 0 bridgehead atoms. The number of ether oxygens (including phenoxy) is 1. The summed E-state index contributed by atoms with van der Waals surface area (Å²) >= 11 is 3.24. The van der Waals surface area contributed by atoms with Crippen LogP contribution in [0, 0.1) is 0 Å². The summed E-state index contributed by atoms with van der Waals surface area (Å²) in [5.41, 5.74) is 0. The first-order valence-corrected chi connectivity index (χ1v) is 8.18. The number of hydrogen-bond donors (Lipinski definition) is 0. The molecule has 1 aliphatic rings. The van der Waals surface area contributed by atoms with E-state index >= 15 is 0 Å². The van der Waals surface area contributed by atoms with Crippen LogP contribution in [0.5, 0.6) is 6.01 Å². The first kappa shape index (κ1) is 13.7. The van der Waals surface area contributed by atoms with E-state index in [2.05, 4.69) is 25.9 Å². The number of sulfonamides is 1. The van der Waals surface area contributed by atoms with Crippen LogP contribution in [0.3, 0.4) is 0 Å². The lowest BCUT2D eigenvalue weighted by atomic mass is 10.1. The van der Waals surface area contributed by atoms with Crippen LogP contribution in [0.15, 0.2) is 16.9 Å². The van der Waals surface area contributed by atoms with Crippen LogP contribution in [0.2, 0.25) is 0 Å². The molecule has 18 heavy (non-hydrogen) atoms. The number of rotatable bonds is 3. The minimum absolute atomic E-state index is 0.186. The Kier molecular flexibility index (Phi) is 4.18. The van der Waals surface area contributed by atoms with Gasteiger partial charge in [0.05, 0.1) is 17.3 Å². The van der Waals surface area contributed by atoms with Crippen molar-refractivity contribution in [1.82, 2.24) is 14.3 Å². The number of nitrogens with zero attached hydrogens (tertiary/aromatic N) is 3. The summed E-state index contributed by atoms with van der Waals surface area (Å²) in [4.78, 5) is 8.02. The minimum atomic E-state index is -3.15. The van der Waals surface area contributed by atoms with E-state index in [0.717, 1.165) is 17.3 Å². The molecule has 0 aromatic carbocycles. The van der Waals surface area contributed by atoms with E-state index in [1.807, 2.05) is 0 Å². The second-order valence-corrected chi connectivity index (χ2v) is 7.09. The molecular formula is C10H14BrN3O3S. The maximum atomic E-state index is 11.5. The van der Waals surface area contributed by atoms with Gasteiger partial charge in [-0.3, -0.25) is 0 Å². The highest BCUT2D eigenvalue weighted by molar-refractivity contribution is 9.10. The Morgan fingerprint density at radius 2 is 2.11 bits per heavy atom. The van der Waals surface area contributed by atoms with Crippen molar-refractivity contribution in [3.8, 4) is 6.01 Å². The lowest BCUT2D eigenvalue weighted by Gasteiger charge is -2.30. The zero-order valence-electron chi connectivity index (χ0n) is 9.91. The molecule has 2 heterocycles. The molecule has 0 aliphatic carbocycles. The van der Waals surface area contributed by atoms with E-state index in [1.54, 1.807) is 12.4 Å². The number of hydrogen-bond acceptors (Lipinski definition) is 5. The average Bonchev–Trinajstić information content (AvgIpc) is 2.31. The van der Waals surface area contributed by atoms with Gasteiger partial charge in [0.25, 0.3) is 0 Å². The Morgan fingerprint density at radius 1 is 1.44 bits per heavy atom. The third-order valence-electron chi connectivity index (χ3n) is 2.68. The predicted molar refractivity (Wildman–Crippen MR) is 69.8 cm³/mol. The largest absolute Gasteiger partial charge is 0.459 e. The molecule has 1 unspecified atom stereocenters. The van der Waals surface area contributed by atoms with Gasteiger partial charge in [-0.1, -0.05) is 0 Å². The van der Waals surface area contributed by atoms with Gasteiger partial charge in [-0.2, -0.15) is 4.31 Å². The number of piperidine rings is 1. The Morgan fingerprint density at radius 3 is 2.72 bits per heavy atom. The van der Waals surface area contributed by atoms with Crippen molar-refractivity contribution in [2.75, 3.05) is 19.3 Å². The summed E-state index contributed by atoms with van der Waals surface area (Å²) in [5.74, 6) is 0. The molecule has 0 amide bonds. The Labute approximate surface area is 115 Å². The van der Waals surface area contributed by atoms with Crippen LogP contribution in [-0.4, -0.2) is 48.1 Å². The molecule has 1 saturated heterocycles. The zero-order chi connectivity index (χ0) is 13.2. The van der Waals surface area contributed by atoms with Gasteiger partial charge in [-0.25, -0.2) is 18.4 Å². The summed E-state index contributed by atoms with van der Waals surface area (Å²) in [7, 11) is -3.15. The smallest absolute Gasteiger partial charge is 0.316 e. The van der Waals surface area contributed by atoms with E-state index in [0.29, 0.717) is 13.1 Å². The van der Waals surface area contributed by atoms with Gasteiger partial charge in [0, 0.05) is 18.9 Å². The Bertz CT molecular complexity index is 506. The molecule has 0 spiro atoms. The third kappa shape index (κ3) is 3.63. The minimum Gasteiger partial charge on any atom is -0.459 e.